The number of carbonyl (C=O) groups is 3. The molecule has 4 bridgehead atoms. The summed E-state index contributed by atoms with van der Waals surface area (Å²) in [7, 11) is 0. The summed E-state index contributed by atoms with van der Waals surface area (Å²) in [5, 5.41) is 5.98. The van der Waals surface area contributed by atoms with Crippen molar-refractivity contribution in [1.29, 1.82) is 0 Å². The number of esters is 1. The van der Waals surface area contributed by atoms with Crippen LogP contribution in [0.3, 0.4) is 0 Å². The number of benzene rings is 1. The largest absolute Gasteiger partial charge is 0.486 e. The zero-order chi connectivity index (χ0) is 23.1. The van der Waals surface area contributed by atoms with Crippen LogP contribution in [0.4, 0.5) is 0 Å². The van der Waals surface area contributed by atoms with Gasteiger partial charge in [0.05, 0.1) is 5.41 Å². The van der Waals surface area contributed by atoms with Crippen LogP contribution in [-0.4, -0.2) is 49.7 Å². The van der Waals surface area contributed by atoms with E-state index >= 15 is 0 Å². The first-order chi connectivity index (χ1) is 15.8. The van der Waals surface area contributed by atoms with Crippen LogP contribution in [0.1, 0.15) is 51.0 Å². The topological polar surface area (TPSA) is 103 Å². The van der Waals surface area contributed by atoms with Crippen molar-refractivity contribution in [3.63, 3.8) is 0 Å². The van der Waals surface area contributed by atoms with Crippen molar-refractivity contribution in [3.8, 4) is 11.5 Å². The van der Waals surface area contributed by atoms with Crippen molar-refractivity contribution in [3.05, 3.63) is 23.8 Å². The van der Waals surface area contributed by atoms with Crippen molar-refractivity contribution in [1.82, 2.24) is 10.6 Å². The van der Waals surface area contributed by atoms with Crippen LogP contribution in [0.5, 0.6) is 11.5 Å². The first-order valence-corrected chi connectivity index (χ1v) is 12.0. The zero-order valence-corrected chi connectivity index (χ0v) is 19.1. The van der Waals surface area contributed by atoms with Crippen molar-refractivity contribution < 1.29 is 28.6 Å². The summed E-state index contributed by atoms with van der Waals surface area (Å²) in [4.78, 5) is 37.2. The summed E-state index contributed by atoms with van der Waals surface area (Å²) in [5.74, 6) is 1.71. The number of ether oxygens (including phenoxy) is 3. The van der Waals surface area contributed by atoms with Crippen LogP contribution in [-0.2, 0) is 25.5 Å². The van der Waals surface area contributed by atoms with E-state index in [-0.39, 0.29) is 29.9 Å². The monoisotopic (exact) mass is 456 g/mol. The molecular weight excluding hydrogens is 424 g/mol. The number of fused-ring (bicyclic) bond motifs is 1. The Kier molecular flexibility index (Phi) is 5.70. The smallest absolute Gasteiger partial charge is 0.312 e. The molecule has 0 aromatic heterocycles. The Labute approximate surface area is 193 Å². The Morgan fingerprint density at radius 3 is 2.52 bits per heavy atom. The fourth-order valence-electron chi connectivity index (χ4n) is 6.95. The molecule has 2 N–H and O–H groups in total. The van der Waals surface area contributed by atoms with Gasteiger partial charge in [0, 0.05) is 19.0 Å². The number of hydrogen-bond donors (Lipinski definition) is 2. The molecule has 178 valence electrons. The molecule has 4 saturated carbocycles. The van der Waals surface area contributed by atoms with E-state index in [4.69, 9.17) is 14.2 Å². The summed E-state index contributed by atoms with van der Waals surface area (Å²) < 4.78 is 16.6. The predicted octanol–water partition coefficient (Wildman–Crippen LogP) is 2.13. The van der Waals surface area contributed by atoms with Gasteiger partial charge in [-0.3, -0.25) is 14.4 Å². The molecule has 1 aromatic rings. The fourth-order valence-corrected chi connectivity index (χ4v) is 6.95. The molecule has 33 heavy (non-hydrogen) atoms. The Bertz CT molecular complexity index is 946. The van der Waals surface area contributed by atoms with E-state index in [0.717, 1.165) is 49.2 Å². The molecule has 6 rings (SSSR count). The second-order valence-corrected chi connectivity index (χ2v) is 10.4. The number of rotatable bonds is 7. The summed E-state index contributed by atoms with van der Waals surface area (Å²) in [6, 6.07) is 5.77. The van der Waals surface area contributed by atoms with Crippen LogP contribution in [0, 0.1) is 17.3 Å². The first-order valence-electron chi connectivity index (χ1n) is 12.0. The summed E-state index contributed by atoms with van der Waals surface area (Å²) >= 11 is 0. The molecule has 5 aliphatic rings. The maximum absolute atomic E-state index is 13.1. The first kappa shape index (κ1) is 22.0. The number of carbonyl (C=O) groups excluding carboxylic acids is 3. The van der Waals surface area contributed by atoms with Crippen LogP contribution in [0.25, 0.3) is 0 Å². The van der Waals surface area contributed by atoms with E-state index in [1.54, 1.807) is 6.92 Å². The van der Waals surface area contributed by atoms with E-state index in [2.05, 4.69) is 10.6 Å². The maximum atomic E-state index is 13.1. The minimum absolute atomic E-state index is 0.0436. The van der Waals surface area contributed by atoms with Gasteiger partial charge in [0.1, 0.15) is 13.2 Å². The van der Waals surface area contributed by atoms with Gasteiger partial charge in [-0.15, -0.1) is 0 Å². The van der Waals surface area contributed by atoms with Gasteiger partial charge in [-0.05, 0) is 74.5 Å². The lowest BCUT2D eigenvalue weighted by Gasteiger charge is -2.60. The molecule has 4 atom stereocenters. The van der Waals surface area contributed by atoms with Gasteiger partial charge in [-0.2, -0.15) is 0 Å². The van der Waals surface area contributed by atoms with Gasteiger partial charge in [-0.25, -0.2) is 0 Å². The highest BCUT2D eigenvalue weighted by molar-refractivity contribution is 5.83. The van der Waals surface area contributed by atoms with E-state index in [0.29, 0.717) is 44.4 Å². The van der Waals surface area contributed by atoms with Gasteiger partial charge >= 0.3 is 5.97 Å². The van der Waals surface area contributed by atoms with E-state index in [1.165, 1.54) is 0 Å². The zero-order valence-electron chi connectivity index (χ0n) is 19.1. The molecule has 2 unspecified atom stereocenters. The van der Waals surface area contributed by atoms with Crippen molar-refractivity contribution >= 4 is 17.8 Å². The molecule has 1 heterocycles. The molecular formula is C25H32N2O6. The quantitative estimate of drug-likeness (QED) is 0.610. The average molecular weight is 457 g/mol. The van der Waals surface area contributed by atoms with Crippen molar-refractivity contribution in [2.24, 2.45) is 17.3 Å². The maximum Gasteiger partial charge on any atom is 0.312 e. The molecule has 8 heteroatoms. The third kappa shape index (κ3) is 4.52. The minimum Gasteiger partial charge on any atom is -0.486 e. The molecule has 0 radical (unpaired) electrons. The third-order valence-electron chi connectivity index (χ3n) is 7.61. The van der Waals surface area contributed by atoms with E-state index < -0.39 is 5.41 Å². The normalized spacial score (nSPS) is 31.1. The van der Waals surface area contributed by atoms with Gasteiger partial charge in [0.15, 0.2) is 18.1 Å². The molecule has 2 amide bonds. The Balaban J connectivity index is 1.11. The van der Waals surface area contributed by atoms with E-state index in [1.807, 2.05) is 18.2 Å². The van der Waals surface area contributed by atoms with Crippen molar-refractivity contribution in [2.45, 2.75) is 57.4 Å². The Morgan fingerprint density at radius 1 is 1.06 bits per heavy atom. The highest BCUT2D eigenvalue weighted by atomic mass is 16.6. The second-order valence-electron chi connectivity index (χ2n) is 10.4. The summed E-state index contributed by atoms with van der Waals surface area (Å²) in [6.07, 6.45) is 5.87. The second kappa shape index (κ2) is 8.54. The molecule has 8 nitrogen and oxygen atoms in total. The van der Waals surface area contributed by atoms with Gasteiger partial charge in [0.2, 0.25) is 5.91 Å². The third-order valence-corrected chi connectivity index (χ3v) is 7.61. The molecule has 4 fully saturated rings. The van der Waals surface area contributed by atoms with Crippen LogP contribution < -0.4 is 20.1 Å². The molecule has 4 aliphatic carbocycles. The molecule has 1 aromatic carbocycles. The lowest BCUT2D eigenvalue weighted by molar-refractivity contribution is -0.177. The lowest BCUT2D eigenvalue weighted by atomic mass is 9.47. The van der Waals surface area contributed by atoms with Crippen LogP contribution >= 0.6 is 0 Å². The lowest BCUT2D eigenvalue weighted by Crippen LogP contribution is -2.64. The summed E-state index contributed by atoms with van der Waals surface area (Å²) in [5.41, 5.74) is 0.173. The van der Waals surface area contributed by atoms with E-state index in [9.17, 15) is 14.4 Å². The van der Waals surface area contributed by atoms with Gasteiger partial charge < -0.3 is 24.8 Å². The predicted molar refractivity (Wildman–Crippen MR) is 119 cm³/mol. The Hall–Kier alpha value is -2.77. The minimum atomic E-state index is -0.571. The number of nitrogens with one attached hydrogen (secondary N) is 2. The molecule has 1 aliphatic heterocycles. The fraction of sp³-hybridized carbons (Fsp3) is 0.640. The molecule has 0 spiro atoms. The van der Waals surface area contributed by atoms with Crippen molar-refractivity contribution in [2.75, 3.05) is 26.4 Å². The van der Waals surface area contributed by atoms with Gasteiger partial charge in [0.25, 0.3) is 5.91 Å². The van der Waals surface area contributed by atoms with Gasteiger partial charge in [-0.1, -0.05) is 6.07 Å². The average Bonchev–Trinajstić information content (AvgIpc) is 2.75. The number of hydrogen-bond acceptors (Lipinski definition) is 6. The van der Waals surface area contributed by atoms with Crippen LogP contribution in [0.15, 0.2) is 18.2 Å². The highest BCUT2D eigenvalue weighted by Crippen LogP contribution is 2.62. The Morgan fingerprint density at radius 2 is 1.79 bits per heavy atom. The summed E-state index contributed by atoms with van der Waals surface area (Å²) in [6.45, 7) is 2.80. The highest BCUT2D eigenvalue weighted by Gasteiger charge is 2.61. The van der Waals surface area contributed by atoms with Crippen LogP contribution in [0.2, 0.25) is 0 Å². The number of amides is 2. The standard InChI is InChI=1S/C25H32N2O6/c1-16(28)27-25-12-18-8-19(13-25)11-24(10-18,15-25)23(30)33-14-22(29)26-5-4-17-2-3-20-21(9-17)32-7-6-31-20/h2-3,9,18-19H,4-8,10-15H2,1H3,(H,26,29)(H,27,28)/t18-,19+,24?,25?. The SMILES string of the molecule is CC(=O)NC12C[C@H]3C[C@@H](C1)CC(C(=O)OCC(=O)NCCc1ccc4c(c1)OCCO4)(C3)C2. The molecule has 0 saturated heterocycles.